The molecule has 0 saturated carbocycles. The van der Waals surface area contributed by atoms with Gasteiger partial charge in [0, 0.05) is 35.7 Å². The number of phenols is 2. The second kappa shape index (κ2) is 7.13. The molecule has 0 aliphatic carbocycles. The first-order valence-electron chi connectivity index (χ1n) is 10.7. The van der Waals surface area contributed by atoms with Crippen molar-refractivity contribution in [3.05, 3.63) is 57.1 Å². The van der Waals surface area contributed by atoms with Crippen molar-refractivity contribution in [2.45, 2.75) is 18.4 Å². The third-order valence-electron chi connectivity index (χ3n) is 5.04. The molecule has 2 unspecified atom stereocenters. The number of fused-ring (bicyclic) bond motifs is 1. The molecule has 2 heterocycles. The van der Waals surface area contributed by atoms with Gasteiger partial charge >= 0.3 is 0 Å². The van der Waals surface area contributed by atoms with Gasteiger partial charge in [-0.3, -0.25) is 4.79 Å². The lowest BCUT2D eigenvalue weighted by atomic mass is 9.85. The number of hydrogen-bond acceptors (Lipinski definition) is 6. The highest BCUT2D eigenvalue weighted by Crippen LogP contribution is 2.42. The predicted octanol–water partition coefficient (Wildman–Crippen LogP) is 3.30. The van der Waals surface area contributed by atoms with Crippen molar-refractivity contribution in [3.8, 4) is 22.8 Å². The summed E-state index contributed by atoms with van der Waals surface area (Å²) in [6.07, 6.45) is -0.427. The second-order valence-electron chi connectivity index (χ2n) is 6.92. The van der Waals surface area contributed by atoms with Crippen LogP contribution in [0.25, 0.3) is 22.3 Å². The normalized spacial score (nSPS) is 22.5. The first-order chi connectivity index (χ1) is 15.0. The van der Waals surface area contributed by atoms with Crippen molar-refractivity contribution < 1.29 is 25.2 Å². The Morgan fingerprint density at radius 3 is 2.75 bits per heavy atom. The largest absolute Gasteiger partial charge is 0.507 e. The lowest BCUT2D eigenvalue weighted by molar-refractivity contribution is 0.0630. The molecule has 4 rings (SSSR count). The average Bonchev–Trinajstić information content (AvgIpc) is 2.72. The number of β-amino-alcohol motifs (C(OH)–C–C–N with tert-alkyl or cyclic N) is 1. The highest BCUT2D eigenvalue weighted by Gasteiger charge is 2.33. The molecule has 1 fully saturated rings. The van der Waals surface area contributed by atoms with E-state index in [0.29, 0.717) is 19.5 Å². The van der Waals surface area contributed by atoms with Crippen molar-refractivity contribution in [1.82, 2.24) is 4.90 Å². The van der Waals surface area contributed by atoms with Gasteiger partial charge in [-0.25, -0.2) is 0 Å². The summed E-state index contributed by atoms with van der Waals surface area (Å²) < 4.78 is 37.7. The maximum absolute atomic E-state index is 12.9. The van der Waals surface area contributed by atoms with Crippen LogP contribution in [0.15, 0.2) is 45.5 Å². The van der Waals surface area contributed by atoms with Gasteiger partial charge in [-0.1, -0.05) is 23.7 Å². The van der Waals surface area contributed by atoms with E-state index in [2.05, 4.69) is 0 Å². The van der Waals surface area contributed by atoms with Gasteiger partial charge < -0.3 is 24.6 Å². The quantitative estimate of drug-likeness (QED) is 0.605. The summed E-state index contributed by atoms with van der Waals surface area (Å²) in [4.78, 5) is 14.8. The molecule has 0 bridgehead atoms. The van der Waals surface area contributed by atoms with Crippen LogP contribution in [-0.4, -0.2) is 46.5 Å². The Kier molecular flexibility index (Phi) is 3.68. The van der Waals surface area contributed by atoms with Gasteiger partial charge in [0.05, 0.1) is 16.6 Å². The van der Waals surface area contributed by atoms with Gasteiger partial charge in [-0.05, 0) is 32.1 Å². The fraction of sp³-hybridized carbons (Fsp3) is 0.286. The summed E-state index contributed by atoms with van der Waals surface area (Å²) >= 11 is 6.19. The number of likely N-dealkylation sites (tertiary alicyclic amines) is 1. The van der Waals surface area contributed by atoms with Crippen molar-refractivity contribution >= 4 is 22.6 Å². The standard InChI is InChI=1S/C21H20ClNO5/c1-23-7-6-12(17(27)10-23)19-14(24)8-15(25)20-16(26)9-18(28-21(19)20)11-4-2-3-5-13(11)22/h2-5,8-9,12,17,24-25,27H,6-7,10H2,1H3/i2D,3D,4D,5D. The Morgan fingerprint density at radius 1 is 1.25 bits per heavy atom. The van der Waals surface area contributed by atoms with Crippen molar-refractivity contribution in [3.63, 3.8) is 0 Å². The number of benzene rings is 2. The molecule has 6 nitrogen and oxygen atoms in total. The van der Waals surface area contributed by atoms with E-state index < -0.39 is 47.4 Å². The molecule has 1 saturated heterocycles. The minimum atomic E-state index is -0.876. The first kappa shape index (κ1) is 14.5. The second-order valence-corrected chi connectivity index (χ2v) is 7.30. The molecule has 0 amide bonds. The molecule has 1 aliphatic heterocycles. The van der Waals surface area contributed by atoms with Crippen LogP contribution in [0.5, 0.6) is 11.5 Å². The maximum atomic E-state index is 12.9. The fourth-order valence-electron chi connectivity index (χ4n) is 3.70. The summed E-state index contributed by atoms with van der Waals surface area (Å²) in [6, 6.07) is -0.0607. The van der Waals surface area contributed by atoms with E-state index in [0.717, 1.165) is 12.1 Å². The molecule has 2 atom stereocenters. The zero-order chi connectivity index (χ0) is 23.5. The molecule has 3 N–H and O–H groups in total. The van der Waals surface area contributed by atoms with Crippen LogP contribution >= 0.6 is 11.6 Å². The number of hydrogen-bond donors (Lipinski definition) is 3. The third-order valence-corrected chi connectivity index (χ3v) is 5.33. The lowest BCUT2D eigenvalue weighted by Crippen LogP contribution is -2.40. The number of likely N-dealkylation sites (N-methyl/N-ethyl adjacent to an activating group) is 1. The highest BCUT2D eigenvalue weighted by molar-refractivity contribution is 6.33. The van der Waals surface area contributed by atoms with Crippen LogP contribution in [0.4, 0.5) is 0 Å². The first-order valence-corrected chi connectivity index (χ1v) is 9.06. The van der Waals surface area contributed by atoms with Crippen LogP contribution in [-0.2, 0) is 0 Å². The van der Waals surface area contributed by atoms with Crippen LogP contribution in [0, 0.1) is 0 Å². The lowest BCUT2D eigenvalue weighted by Gasteiger charge is -2.34. The molecule has 0 radical (unpaired) electrons. The van der Waals surface area contributed by atoms with Crippen molar-refractivity contribution in [2.75, 3.05) is 20.1 Å². The summed E-state index contributed by atoms with van der Waals surface area (Å²) in [5, 5.41) is 31.0. The van der Waals surface area contributed by atoms with E-state index in [1.807, 2.05) is 11.9 Å². The van der Waals surface area contributed by atoms with E-state index in [9.17, 15) is 20.1 Å². The van der Waals surface area contributed by atoms with Crippen molar-refractivity contribution in [2.24, 2.45) is 0 Å². The Morgan fingerprint density at radius 2 is 2.00 bits per heavy atom. The van der Waals surface area contributed by atoms with Crippen molar-refractivity contribution in [1.29, 1.82) is 0 Å². The van der Waals surface area contributed by atoms with Gasteiger partial charge in [0.25, 0.3) is 0 Å². The van der Waals surface area contributed by atoms with Crippen LogP contribution in [0.3, 0.4) is 0 Å². The molecule has 146 valence electrons. The summed E-state index contributed by atoms with van der Waals surface area (Å²) in [7, 11) is 1.84. The van der Waals surface area contributed by atoms with E-state index in [4.69, 9.17) is 21.5 Å². The SMILES string of the molecule is [2H]c1c([2H])c([2H])c(-c2cc(=O)c3c(O)cc(O)c(C4CCN(C)CC4O)c3o2)c(Cl)c1[2H]. The average molecular weight is 406 g/mol. The smallest absolute Gasteiger partial charge is 0.197 e. The molecule has 28 heavy (non-hydrogen) atoms. The number of phenolic OH excluding ortho intramolecular Hbond substituents is 2. The summed E-state index contributed by atoms with van der Waals surface area (Å²) in [6.45, 7) is 0.944. The monoisotopic (exact) mass is 405 g/mol. The van der Waals surface area contributed by atoms with Crippen LogP contribution < -0.4 is 5.43 Å². The minimum Gasteiger partial charge on any atom is -0.507 e. The molecule has 2 aromatic carbocycles. The number of rotatable bonds is 2. The van der Waals surface area contributed by atoms with E-state index in [1.165, 1.54) is 0 Å². The fourth-order valence-corrected chi connectivity index (χ4v) is 3.88. The molecule has 3 aromatic rings. The minimum absolute atomic E-state index is 0.148. The van der Waals surface area contributed by atoms with Gasteiger partial charge in [0.15, 0.2) is 5.43 Å². The zero-order valence-corrected chi connectivity index (χ0v) is 15.7. The molecular formula is C21H20ClNO5. The Bertz CT molecular complexity index is 1280. The highest BCUT2D eigenvalue weighted by atomic mass is 35.5. The van der Waals surface area contributed by atoms with Gasteiger partial charge in [-0.2, -0.15) is 0 Å². The van der Waals surface area contributed by atoms with Gasteiger partial charge in [-0.15, -0.1) is 0 Å². The van der Waals surface area contributed by atoms with Crippen LogP contribution in [0.2, 0.25) is 5.02 Å². The Balaban J connectivity index is 2.06. The maximum Gasteiger partial charge on any atom is 0.197 e. The number of aromatic hydroxyl groups is 2. The number of aliphatic hydroxyl groups excluding tert-OH is 1. The molecule has 7 heteroatoms. The topological polar surface area (TPSA) is 94.1 Å². The number of aliphatic hydroxyl groups is 1. The van der Waals surface area contributed by atoms with E-state index in [-0.39, 0.29) is 38.6 Å². The zero-order valence-electron chi connectivity index (χ0n) is 18.9. The summed E-state index contributed by atoms with van der Waals surface area (Å²) in [5.74, 6) is -1.70. The molecule has 1 aromatic heterocycles. The molecule has 0 spiro atoms. The number of halogens is 1. The molecular weight excluding hydrogens is 382 g/mol. The predicted molar refractivity (Wildman–Crippen MR) is 107 cm³/mol. The molecule has 1 aliphatic rings. The number of nitrogens with zero attached hydrogens (tertiary/aromatic N) is 1. The van der Waals surface area contributed by atoms with Gasteiger partial charge in [0.1, 0.15) is 28.2 Å². The van der Waals surface area contributed by atoms with E-state index in [1.54, 1.807) is 0 Å². The third kappa shape index (κ3) is 3.13. The Hall–Kier alpha value is -2.54. The Labute approximate surface area is 171 Å². The summed E-state index contributed by atoms with van der Waals surface area (Å²) in [5.41, 5.74) is -0.920. The van der Waals surface area contributed by atoms with E-state index >= 15 is 0 Å². The number of piperidine rings is 1. The van der Waals surface area contributed by atoms with Crippen LogP contribution in [0.1, 0.15) is 23.4 Å². The van der Waals surface area contributed by atoms with Gasteiger partial charge in [0.2, 0.25) is 0 Å².